The Labute approximate surface area is 233 Å². The highest BCUT2D eigenvalue weighted by Gasteiger charge is 2.30. The zero-order valence-electron chi connectivity index (χ0n) is 21.7. The van der Waals surface area contributed by atoms with Gasteiger partial charge in [-0.1, -0.05) is 77.5 Å². The lowest BCUT2D eigenvalue weighted by Gasteiger charge is -2.32. The van der Waals surface area contributed by atoms with Gasteiger partial charge in [0.2, 0.25) is 11.8 Å². The predicted octanol–water partition coefficient (Wildman–Crippen LogP) is 6.25. The highest BCUT2D eigenvalue weighted by molar-refractivity contribution is 9.10. The van der Waals surface area contributed by atoms with E-state index in [9.17, 15) is 9.59 Å². The van der Waals surface area contributed by atoms with Crippen LogP contribution in [0.25, 0.3) is 0 Å². The Kier molecular flexibility index (Phi) is 11.5. The molecule has 0 saturated heterocycles. The van der Waals surface area contributed by atoms with Gasteiger partial charge in [-0.2, -0.15) is 0 Å². The molecule has 0 heterocycles. The second-order valence-electron chi connectivity index (χ2n) is 9.01. The fourth-order valence-electron chi connectivity index (χ4n) is 3.84. The molecule has 5 nitrogen and oxygen atoms in total. The van der Waals surface area contributed by atoms with Crippen molar-refractivity contribution in [1.82, 2.24) is 10.2 Å². The number of carbonyl (C=O) groups is 2. The molecule has 0 aromatic heterocycles. The van der Waals surface area contributed by atoms with E-state index in [1.807, 2.05) is 92.7 Å². The van der Waals surface area contributed by atoms with E-state index in [0.29, 0.717) is 18.7 Å². The van der Waals surface area contributed by atoms with Crippen LogP contribution < -0.4 is 10.1 Å². The average Bonchev–Trinajstić information content (AvgIpc) is 2.92. The number of benzene rings is 3. The largest absolute Gasteiger partial charge is 0.497 e. The van der Waals surface area contributed by atoms with Crippen LogP contribution in [-0.2, 0) is 28.3 Å². The molecule has 3 aromatic rings. The van der Waals surface area contributed by atoms with Crippen LogP contribution in [0.3, 0.4) is 0 Å². The van der Waals surface area contributed by atoms with Gasteiger partial charge in [0.25, 0.3) is 0 Å². The first-order chi connectivity index (χ1) is 17.9. The number of methoxy groups -OCH3 is 1. The summed E-state index contributed by atoms with van der Waals surface area (Å²) in [6.45, 7) is 4.39. The van der Waals surface area contributed by atoms with Crippen LogP contribution in [0.15, 0.2) is 83.3 Å². The number of halogens is 1. The topological polar surface area (TPSA) is 58.6 Å². The van der Waals surface area contributed by atoms with Gasteiger partial charge in [0, 0.05) is 29.2 Å². The van der Waals surface area contributed by atoms with Gasteiger partial charge in [-0.25, -0.2) is 0 Å². The van der Waals surface area contributed by atoms with Gasteiger partial charge in [-0.3, -0.25) is 9.59 Å². The number of hydrogen-bond donors (Lipinski definition) is 1. The zero-order chi connectivity index (χ0) is 26.6. The van der Waals surface area contributed by atoms with E-state index in [1.165, 1.54) is 0 Å². The molecule has 196 valence electrons. The van der Waals surface area contributed by atoms with Crippen molar-refractivity contribution in [2.75, 3.05) is 12.9 Å². The maximum Gasteiger partial charge on any atom is 0.243 e. The molecule has 37 heavy (non-hydrogen) atoms. The van der Waals surface area contributed by atoms with Crippen molar-refractivity contribution in [1.29, 1.82) is 0 Å². The highest BCUT2D eigenvalue weighted by atomic mass is 79.9. The summed E-state index contributed by atoms with van der Waals surface area (Å²) >= 11 is 5.03. The molecule has 0 aliphatic rings. The molecule has 0 fully saturated rings. The van der Waals surface area contributed by atoms with Gasteiger partial charge in [-0.15, -0.1) is 11.8 Å². The molecule has 0 spiro atoms. The van der Waals surface area contributed by atoms with Crippen molar-refractivity contribution in [3.8, 4) is 5.75 Å². The molecule has 3 rings (SSSR count). The van der Waals surface area contributed by atoms with Crippen LogP contribution in [0.2, 0.25) is 0 Å². The van der Waals surface area contributed by atoms with Gasteiger partial charge in [0.05, 0.1) is 12.9 Å². The Morgan fingerprint density at radius 2 is 1.59 bits per heavy atom. The van der Waals surface area contributed by atoms with Gasteiger partial charge in [-0.05, 0) is 54.3 Å². The van der Waals surface area contributed by atoms with Crippen LogP contribution >= 0.6 is 27.7 Å². The third-order valence-electron chi connectivity index (χ3n) is 6.19. The maximum absolute atomic E-state index is 13.7. The SMILES string of the molecule is CC[C@H](C)NC(=O)[C@H](Cc1ccccc1)N(Cc1ccc(Br)cc1)C(=O)CSCc1ccc(OC)cc1. The zero-order valence-corrected chi connectivity index (χ0v) is 24.1. The van der Waals surface area contributed by atoms with E-state index in [2.05, 4.69) is 21.2 Å². The third-order valence-corrected chi connectivity index (χ3v) is 7.71. The lowest BCUT2D eigenvalue weighted by atomic mass is 10.0. The summed E-state index contributed by atoms with van der Waals surface area (Å²) < 4.78 is 6.20. The van der Waals surface area contributed by atoms with Crippen LogP contribution in [0.4, 0.5) is 0 Å². The fraction of sp³-hybridized carbons (Fsp3) is 0.333. The average molecular weight is 584 g/mol. The molecule has 0 bridgehead atoms. The second kappa shape index (κ2) is 14.8. The molecule has 7 heteroatoms. The minimum absolute atomic E-state index is 0.0276. The van der Waals surface area contributed by atoms with Crippen molar-refractivity contribution in [2.24, 2.45) is 0 Å². The van der Waals surface area contributed by atoms with E-state index in [0.717, 1.165) is 33.3 Å². The molecular weight excluding hydrogens is 548 g/mol. The summed E-state index contributed by atoms with van der Waals surface area (Å²) in [7, 11) is 1.64. The first kappa shape index (κ1) is 28.8. The normalized spacial score (nSPS) is 12.4. The lowest BCUT2D eigenvalue weighted by molar-refractivity contribution is -0.139. The molecule has 3 aromatic carbocycles. The van der Waals surface area contributed by atoms with Crippen molar-refractivity contribution in [3.05, 3.63) is 100 Å². The molecular formula is C30H35BrN2O3S. The minimum atomic E-state index is -0.617. The Balaban J connectivity index is 1.82. The number of amides is 2. The van der Waals surface area contributed by atoms with Gasteiger partial charge in [0.1, 0.15) is 11.8 Å². The molecule has 1 N–H and O–H groups in total. The van der Waals surface area contributed by atoms with Crippen LogP contribution in [0.5, 0.6) is 5.75 Å². The number of hydrogen-bond acceptors (Lipinski definition) is 4. The lowest BCUT2D eigenvalue weighted by Crippen LogP contribution is -2.52. The van der Waals surface area contributed by atoms with Gasteiger partial charge < -0.3 is 15.0 Å². The van der Waals surface area contributed by atoms with Gasteiger partial charge >= 0.3 is 0 Å². The Hall–Kier alpha value is -2.77. The van der Waals surface area contributed by atoms with Crippen molar-refractivity contribution in [2.45, 2.75) is 51.1 Å². The number of ether oxygens (including phenoxy) is 1. The van der Waals surface area contributed by atoms with Crippen LogP contribution in [0.1, 0.15) is 37.0 Å². The van der Waals surface area contributed by atoms with Gasteiger partial charge in [0.15, 0.2) is 0 Å². The van der Waals surface area contributed by atoms with E-state index in [-0.39, 0.29) is 23.6 Å². The van der Waals surface area contributed by atoms with Crippen molar-refractivity contribution < 1.29 is 14.3 Å². The van der Waals surface area contributed by atoms with Crippen molar-refractivity contribution in [3.63, 3.8) is 0 Å². The summed E-state index contributed by atoms with van der Waals surface area (Å²) in [5, 5.41) is 3.11. The molecule has 0 radical (unpaired) electrons. The molecule has 0 aliphatic carbocycles. The second-order valence-corrected chi connectivity index (χ2v) is 10.9. The molecule has 0 aliphatic heterocycles. The molecule has 0 unspecified atom stereocenters. The van der Waals surface area contributed by atoms with Crippen molar-refractivity contribution >= 4 is 39.5 Å². The number of nitrogens with zero attached hydrogens (tertiary/aromatic N) is 1. The third kappa shape index (κ3) is 9.24. The Bertz CT molecular complexity index is 1120. The molecule has 0 saturated carbocycles. The van der Waals surface area contributed by atoms with E-state index in [1.54, 1.807) is 23.8 Å². The first-order valence-corrected chi connectivity index (χ1v) is 14.4. The summed E-state index contributed by atoms with van der Waals surface area (Å²) in [4.78, 5) is 29.0. The van der Waals surface area contributed by atoms with Crippen LogP contribution in [-0.4, -0.2) is 41.7 Å². The first-order valence-electron chi connectivity index (χ1n) is 12.5. The fourth-order valence-corrected chi connectivity index (χ4v) is 4.98. The van der Waals surface area contributed by atoms with E-state index < -0.39 is 6.04 Å². The smallest absolute Gasteiger partial charge is 0.243 e. The minimum Gasteiger partial charge on any atom is -0.497 e. The number of carbonyl (C=O) groups excluding carboxylic acids is 2. The standard InChI is InChI=1S/C30H35BrN2O3S/c1-4-22(2)32-30(35)28(18-23-8-6-5-7-9-23)33(19-24-10-14-26(31)15-11-24)29(34)21-37-20-25-12-16-27(36-3)17-13-25/h5-17,22,28H,4,18-21H2,1-3H3,(H,32,35)/t22-,28-/m0/s1. The highest BCUT2D eigenvalue weighted by Crippen LogP contribution is 2.21. The quantitative estimate of drug-likeness (QED) is 0.259. The van der Waals surface area contributed by atoms with E-state index in [4.69, 9.17) is 4.74 Å². The van der Waals surface area contributed by atoms with E-state index >= 15 is 0 Å². The summed E-state index contributed by atoms with van der Waals surface area (Å²) in [6.07, 6.45) is 1.27. The maximum atomic E-state index is 13.7. The number of rotatable bonds is 13. The monoisotopic (exact) mass is 582 g/mol. The van der Waals surface area contributed by atoms with Crippen LogP contribution in [0, 0.1) is 0 Å². The Morgan fingerprint density at radius 3 is 2.22 bits per heavy atom. The summed E-state index contributed by atoms with van der Waals surface area (Å²) in [6, 6.07) is 25.1. The summed E-state index contributed by atoms with van der Waals surface area (Å²) in [5.41, 5.74) is 3.12. The predicted molar refractivity (Wildman–Crippen MR) is 156 cm³/mol. The number of nitrogens with one attached hydrogen (secondary N) is 1. The number of thioether (sulfide) groups is 1. The molecule has 2 atom stereocenters. The summed E-state index contributed by atoms with van der Waals surface area (Å²) in [5.74, 6) is 1.61. The Morgan fingerprint density at radius 1 is 0.946 bits per heavy atom. The molecule has 2 amide bonds.